The van der Waals surface area contributed by atoms with Crippen LogP contribution >= 0.6 is 0 Å². The minimum Gasteiger partial charge on any atom is -0.375 e. The van der Waals surface area contributed by atoms with E-state index in [1.54, 1.807) is 5.57 Å². The third kappa shape index (κ3) is 3.16. The van der Waals surface area contributed by atoms with E-state index >= 15 is 0 Å². The van der Waals surface area contributed by atoms with E-state index in [4.69, 9.17) is 15.2 Å². The van der Waals surface area contributed by atoms with Gasteiger partial charge in [0.2, 0.25) is 0 Å². The lowest BCUT2D eigenvalue weighted by Crippen LogP contribution is -2.68. The number of allylic oxidation sites excluding steroid dienone is 2. The molecule has 2 N–H and O–H groups in total. The van der Waals surface area contributed by atoms with Gasteiger partial charge in [0.15, 0.2) is 0 Å². The van der Waals surface area contributed by atoms with Gasteiger partial charge >= 0.3 is 0 Å². The lowest BCUT2D eigenvalue weighted by Gasteiger charge is -2.66. The average Bonchev–Trinajstić information content (AvgIpc) is 3.42. The van der Waals surface area contributed by atoms with Crippen molar-refractivity contribution in [3.63, 3.8) is 0 Å². The molecule has 4 saturated carbocycles. The van der Waals surface area contributed by atoms with E-state index in [1.165, 1.54) is 32.1 Å². The fourth-order valence-electron chi connectivity index (χ4n) is 9.00. The van der Waals surface area contributed by atoms with Gasteiger partial charge in [-0.15, -0.1) is 0 Å². The summed E-state index contributed by atoms with van der Waals surface area (Å²) < 4.78 is 13.5. The largest absolute Gasteiger partial charge is 0.375 e. The molecule has 5 rings (SSSR count). The van der Waals surface area contributed by atoms with E-state index in [1.807, 2.05) is 0 Å². The van der Waals surface area contributed by atoms with Crippen LogP contribution in [0.4, 0.5) is 0 Å². The molecule has 3 heteroatoms. The summed E-state index contributed by atoms with van der Waals surface area (Å²) in [5.74, 6) is 3.61. The van der Waals surface area contributed by atoms with Crippen molar-refractivity contribution in [2.24, 2.45) is 51.6 Å². The van der Waals surface area contributed by atoms with Crippen LogP contribution < -0.4 is 5.73 Å². The SMILES string of the molecule is CC/C=C1/C2CC2C2C3C(N)OC4(C)CC(OC(C)C(C)(C)C)CCC4(C)C3CCC12C. The zero-order chi connectivity index (χ0) is 23.3. The Balaban J connectivity index is 1.41. The van der Waals surface area contributed by atoms with Crippen LogP contribution in [0.25, 0.3) is 0 Å². The Morgan fingerprint density at radius 1 is 1.19 bits per heavy atom. The Kier molecular flexibility index (Phi) is 5.34. The van der Waals surface area contributed by atoms with Crippen molar-refractivity contribution in [2.45, 2.75) is 124 Å². The van der Waals surface area contributed by atoms with Gasteiger partial charge in [0.05, 0.1) is 17.8 Å². The molecule has 0 spiro atoms. The van der Waals surface area contributed by atoms with E-state index in [-0.39, 0.29) is 34.9 Å². The minimum atomic E-state index is -0.189. The molecule has 1 aliphatic heterocycles. The molecule has 3 nitrogen and oxygen atoms in total. The van der Waals surface area contributed by atoms with Gasteiger partial charge in [-0.05, 0) is 92.3 Å². The number of hydrogen-bond acceptors (Lipinski definition) is 3. The Morgan fingerprint density at radius 2 is 1.91 bits per heavy atom. The van der Waals surface area contributed by atoms with Crippen LogP contribution in [0.5, 0.6) is 0 Å². The molecule has 4 aliphatic carbocycles. The van der Waals surface area contributed by atoms with Gasteiger partial charge in [-0.2, -0.15) is 0 Å². The highest BCUT2D eigenvalue weighted by Crippen LogP contribution is 2.75. The molecule has 1 saturated heterocycles. The van der Waals surface area contributed by atoms with Crippen molar-refractivity contribution in [3.8, 4) is 0 Å². The summed E-state index contributed by atoms with van der Waals surface area (Å²) in [6, 6.07) is 0. The van der Waals surface area contributed by atoms with Gasteiger partial charge in [-0.25, -0.2) is 0 Å². The summed E-state index contributed by atoms with van der Waals surface area (Å²) in [5, 5.41) is 0. The predicted molar refractivity (Wildman–Crippen MR) is 131 cm³/mol. The number of fused-ring (bicyclic) bond motifs is 7. The van der Waals surface area contributed by atoms with Gasteiger partial charge in [-0.3, -0.25) is 0 Å². The average molecular weight is 444 g/mol. The highest BCUT2D eigenvalue weighted by Gasteiger charge is 2.71. The van der Waals surface area contributed by atoms with Gasteiger partial charge in [0.25, 0.3) is 0 Å². The monoisotopic (exact) mass is 443 g/mol. The third-order valence-corrected chi connectivity index (χ3v) is 11.4. The van der Waals surface area contributed by atoms with E-state index in [0.717, 1.165) is 30.6 Å². The molecule has 32 heavy (non-hydrogen) atoms. The molecule has 11 unspecified atom stereocenters. The van der Waals surface area contributed by atoms with Crippen LogP contribution in [-0.4, -0.2) is 24.0 Å². The molecular weight excluding hydrogens is 394 g/mol. The zero-order valence-corrected chi connectivity index (χ0v) is 22.0. The van der Waals surface area contributed by atoms with Crippen LogP contribution in [0.1, 0.15) is 100 Å². The second-order valence-corrected chi connectivity index (χ2v) is 14.0. The first-order valence-electron chi connectivity index (χ1n) is 13.6. The smallest absolute Gasteiger partial charge is 0.109 e. The second-order valence-electron chi connectivity index (χ2n) is 14.0. The fraction of sp³-hybridized carbons (Fsp3) is 0.931. The quantitative estimate of drug-likeness (QED) is 0.493. The maximum absolute atomic E-state index is 6.99. The fourth-order valence-corrected chi connectivity index (χ4v) is 9.00. The molecule has 0 amide bonds. The number of hydrogen-bond donors (Lipinski definition) is 1. The van der Waals surface area contributed by atoms with Gasteiger partial charge in [0.1, 0.15) is 6.23 Å². The maximum atomic E-state index is 6.99. The summed E-state index contributed by atoms with van der Waals surface area (Å²) in [5.41, 5.74) is 9.30. The Morgan fingerprint density at radius 3 is 2.56 bits per heavy atom. The molecule has 0 aromatic carbocycles. The number of nitrogens with two attached hydrogens (primary N) is 1. The molecule has 5 aliphatic rings. The van der Waals surface area contributed by atoms with Crippen molar-refractivity contribution < 1.29 is 9.47 Å². The first kappa shape index (κ1) is 23.4. The minimum absolute atomic E-state index is 0.135. The first-order chi connectivity index (χ1) is 14.9. The van der Waals surface area contributed by atoms with Crippen molar-refractivity contribution >= 4 is 0 Å². The summed E-state index contributed by atoms with van der Waals surface area (Å²) in [4.78, 5) is 0. The van der Waals surface area contributed by atoms with E-state index < -0.39 is 0 Å². The lowest BCUT2D eigenvalue weighted by atomic mass is 9.45. The normalized spacial score (nSPS) is 54.4. The molecule has 0 aromatic heterocycles. The van der Waals surface area contributed by atoms with E-state index in [9.17, 15) is 0 Å². The van der Waals surface area contributed by atoms with Crippen molar-refractivity contribution in [1.29, 1.82) is 0 Å². The number of ether oxygens (including phenoxy) is 2. The van der Waals surface area contributed by atoms with Crippen LogP contribution in [0.15, 0.2) is 11.6 Å². The molecule has 1 heterocycles. The van der Waals surface area contributed by atoms with E-state index in [0.29, 0.717) is 17.3 Å². The molecule has 0 aromatic rings. The highest BCUT2D eigenvalue weighted by molar-refractivity contribution is 5.35. The standard InChI is InChI=1S/C29H49NO2/c1-9-10-21-19-15-20(19)24-23-22(12-13-27(21,24)6)28(7)14-11-18(31-17(2)26(3,4)5)16-29(28,8)32-25(23)30/h10,17-20,22-25H,9,11-16,30H2,1-8H3/b21-10-. The van der Waals surface area contributed by atoms with Crippen molar-refractivity contribution in [2.75, 3.05) is 0 Å². The first-order valence-corrected chi connectivity index (χ1v) is 13.6. The Labute approximate surface area is 197 Å². The third-order valence-electron chi connectivity index (χ3n) is 11.4. The molecule has 0 bridgehead atoms. The second kappa shape index (κ2) is 7.31. The van der Waals surface area contributed by atoms with Gasteiger partial charge in [0, 0.05) is 12.3 Å². The molecular formula is C29H49NO2. The van der Waals surface area contributed by atoms with Crippen molar-refractivity contribution in [3.05, 3.63) is 11.6 Å². The molecule has 182 valence electrons. The summed E-state index contributed by atoms with van der Waals surface area (Å²) in [6.07, 6.45) is 11.5. The zero-order valence-electron chi connectivity index (χ0n) is 22.0. The summed E-state index contributed by atoms with van der Waals surface area (Å²) in [6.45, 7) is 18.8. The van der Waals surface area contributed by atoms with Gasteiger partial charge in [-0.1, -0.05) is 53.2 Å². The predicted octanol–water partition coefficient (Wildman–Crippen LogP) is 6.70. The van der Waals surface area contributed by atoms with Crippen molar-refractivity contribution in [1.82, 2.24) is 0 Å². The number of rotatable bonds is 3. The molecule has 5 fully saturated rings. The van der Waals surface area contributed by atoms with Crippen LogP contribution in [-0.2, 0) is 9.47 Å². The van der Waals surface area contributed by atoms with Gasteiger partial charge < -0.3 is 15.2 Å². The summed E-state index contributed by atoms with van der Waals surface area (Å²) >= 11 is 0. The maximum Gasteiger partial charge on any atom is 0.109 e. The van der Waals surface area contributed by atoms with Crippen LogP contribution in [0.3, 0.4) is 0 Å². The highest BCUT2D eigenvalue weighted by atomic mass is 16.5. The molecule has 0 radical (unpaired) electrons. The topological polar surface area (TPSA) is 44.5 Å². The van der Waals surface area contributed by atoms with Crippen LogP contribution in [0, 0.1) is 45.8 Å². The Hall–Kier alpha value is -0.380. The van der Waals surface area contributed by atoms with Crippen LogP contribution in [0.2, 0.25) is 0 Å². The lowest BCUT2D eigenvalue weighted by molar-refractivity contribution is -0.295. The van der Waals surface area contributed by atoms with E-state index in [2.05, 4.69) is 61.5 Å². The Bertz CT molecular complexity index is 785. The summed E-state index contributed by atoms with van der Waals surface area (Å²) in [7, 11) is 0. The molecule has 11 atom stereocenters.